The van der Waals surface area contributed by atoms with Crippen LogP contribution in [0.25, 0.3) is 0 Å². The summed E-state index contributed by atoms with van der Waals surface area (Å²) in [6.45, 7) is 5.36. The average Bonchev–Trinajstić information content (AvgIpc) is 2.76. The number of carbonyl (C=O) groups excluding carboxylic acids is 2. The molecule has 0 aliphatic carbocycles. The fourth-order valence-corrected chi connectivity index (χ4v) is 2.24. The molecule has 1 heterocycles. The molecule has 3 amide bonds. The highest BCUT2D eigenvalue weighted by molar-refractivity contribution is 7.99. The third-order valence-corrected chi connectivity index (χ3v) is 3.34. The number of amides is 3. The quantitative estimate of drug-likeness (QED) is 0.604. The lowest BCUT2D eigenvalue weighted by Crippen LogP contribution is -2.40. The number of carbonyl (C=O) groups is 2. The maximum atomic E-state index is 11.6. The van der Waals surface area contributed by atoms with Crippen LogP contribution in [0.15, 0.2) is 5.16 Å². The second-order valence-corrected chi connectivity index (χ2v) is 5.01. The summed E-state index contributed by atoms with van der Waals surface area (Å²) in [6.07, 6.45) is 0.817. The van der Waals surface area contributed by atoms with Gasteiger partial charge in [-0.1, -0.05) is 18.7 Å². The van der Waals surface area contributed by atoms with Gasteiger partial charge < -0.3 is 15.6 Å². The summed E-state index contributed by atoms with van der Waals surface area (Å²) < 4.78 is 1.84. The predicted octanol–water partition coefficient (Wildman–Crippen LogP) is -0.127. The van der Waals surface area contributed by atoms with Gasteiger partial charge in [0.05, 0.1) is 5.75 Å². The van der Waals surface area contributed by atoms with Gasteiger partial charge in [-0.25, -0.2) is 4.79 Å². The molecule has 112 valence electrons. The van der Waals surface area contributed by atoms with E-state index in [1.54, 1.807) is 0 Å². The molecule has 9 heteroatoms. The van der Waals surface area contributed by atoms with Crippen molar-refractivity contribution in [2.45, 2.75) is 32.0 Å². The van der Waals surface area contributed by atoms with Crippen LogP contribution in [-0.4, -0.2) is 45.5 Å². The number of urea groups is 1. The molecule has 1 aromatic heterocycles. The van der Waals surface area contributed by atoms with Crippen molar-refractivity contribution in [2.24, 2.45) is 5.73 Å². The third kappa shape index (κ3) is 5.17. The van der Waals surface area contributed by atoms with Gasteiger partial charge >= 0.3 is 6.03 Å². The molecular weight excluding hydrogens is 280 g/mol. The van der Waals surface area contributed by atoms with Gasteiger partial charge in [0.1, 0.15) is 5.82 Å². The minimum atomic E-state index is -0.475. The van der Waals surface area contributed by atoms with E-state index >= 15 is 0 Å². The Morgan fingerprint density at radius 2 is 2.15 bits per heavy atom. The summed E-state index contributed by atoms with van der Waals surface area (Å²) in [5, 5.41) is 13.4. The van der Waals surface area contributed by atoms with Gasteiger partial charge in [0.2, 0.25) is 5.91 Å². The van der Waals surface area contributed by atoms with Crippen LogP contribution in [0.3, 0.4) is 0 Å². The van der Waals surface area contributed by atoms with E-state index in [1.807, 2.05) is 18.4 Å². The Labute approximate surface area is 121 Å². The molecule has 0 spiro atoms. The number of aryl methyl sites for hydroxylation is 1. The minimum absolute atomic E-state index is 0.0995. The molecule has 0 saturated carbocycles. The summed E-state index contributed by atoms with van der Waals surface area (Å²) in [4.78, 5) is 22.9. The molecule has 0 saturated heterocycles. The van der Waals surface area contributed by atoms with Crippen LogP contribution < -0.4 is 16.4 Å². The molecule has 20 heavy (non-hydrogen) atoms. The average molecular weight is 300 g/mol. The Hall–Kier alpha value is -1.61. The first kappa shape index (κ1) is 16.4. The molecule has 0 radical (unpaired) electrons. The molecule has 0 atom stereocenters. The van der Waals surface area contributed by atoms with Crippen LogP contribution in [0, 0.1) is 6.92 Å². The molecule has 0 aromatic carbocycles. The Balaban J connectivity index is 2.43. The number of nitrogens with zero attached hydrogens (tertiary/aromatic N) is 3. The highest BCUT2D eigenvalue weighted by Gasteiger charge is 2.12. The molecule has 0 unspecified atom stereocenters. The maximum Gasteiger partial charge on any atom is 0.321 e. The largest absolute Gasteiger partial charge is 0.338 e. The molecule has 1 rings (SSSR count). The number of nitrogens with two attached hydrogens (primary N) is 1. The predicted molar refractivity (Wildman–Crippen MR) is 76.4 cm³/mol. The lowest BCUT2D eigenvalue weighted by atomic mass is 10.5. The Kier molecular flexibility index (Phi) is 7.02. The van der Waals surface area contributed by atoms with E-state index in [4.69, 9.17) is 5.73 Å². The molecule has 0 fully saturated rings. The van der Waals surface area contributed by atoms with Crippen LogP contribution in [0.2, 0.25) is 0 Å². The molecule has 0 aliphatic rings. The van der Waals surface area contributed by atoms with Gasteiger partial charge in [-0.05, 0) is 13.3 Å². The van der Waals surface area contributed by atoms with Crippen molar-refractivity contribution in [3.8, 4) is 0 Å². The highest BCUT2D eigenvalue weighted by atomic mass is 32.2. The standard InChI is InChI=1S/C11H20N6O2S/c1-3-5-13-10(19)14-9(18)7-20-11-16-15-8(2)17(11)6-4-12/h3-7,12H2,1-2H3,(H2,13,14,18,19). The lowest BCUT2D eigenvalue weighted by molar-refractivity contribution is -0.117. The first-order valence-electron chi connectivity index (χ1n) is 6.38. The third-order valence-electron chi connectivity index (χ3n) is 2.38. The van der Waals surface area contributed by atoms with Crippen molar-refractivity contribution in [1.29, 1.82) is 0 Å². The number of hydrogen-bond acceptors (Lipinski definition) is 6. The van der Waals surface area contributed by atoms with E-state index in [9.17, 15) is 9.59 Å². The van der Waals surface area contributed by atoms with Gasteiger partial charge in [0.15, 0.2) is 5.16 Å². The van der Waals surface area contributed by atoms with Gasteiger partial charge in [-0.2, -0.15) is 0 Å². The van der Waals surface area contributed by atoms with E-state index in [2.05, 4.69) is 20.8 Å². The first-order valence-corrected chi connectivity index (χ1v) is 7.37. The molecular formula is C11H20N6O2S. The van der Waals surface area contributed by atoms with Crippen molar-refractivity contribution in [1.82, 2.24) is 25.4 Å². The van der Waals surface area contributed by atoms with Crippen LogP contribution in [0.4, 0.5) is 4.79 Å². The fraction of sp³-hybridized carbons (Fsp3) is 0.636. The second-order valence-electron chi connectivity index (χ2n) is 4.06. The van der Waals surface area contributed by atoms with E-state index in [1.165, 1.54) is 11.8 Å². The van der Waals surface area contributed by atoms with Crippen molar-refractivity contribution in [3.05, 3.63) is 5.82 Å². The van der Waals surface area contributed by atoms with E-state index in [0.29, 0.717) is 24.8 Å². The number of hydrogen-bond donors (Lipinski definition) is 3. The zero-order valence-electron chi connectivity index (χ0n) is 11.7. The SMILES string of the molecule is CCCNC(=O)NC(=O)CSc1nnc(C)n1CCN. The topological polar surface area (TPSA) is 115 Å². The lowest BCUT2D eigenvalue weighted by Gasteiger charge is -2.07. The zero-order valence-corrected chi connectivity index (χ0v) is 12.5. The van der Waals surface area contributed by atoms with E-state index in [0.717, 1.165) is 12.2 Å². The molecule has 4 N–H and O–H groups in total. The number of thioether (sulfide) groups is 1. The Morgan fingerprint density at radius 1 is 1.40 bits per heavy atom. The van der Waals surface area contributed by atoms with Crippen LogP contribution >= 0.6 is 11.8 Å². The minimum Gasteiger partial charge on any atom is -0.338 e. The van der Waals surface area contributed by atoms with Crippen molar-refractivity contribution < 1.29 is 9.59 Å². The number of nitrogens with one attached hydrogen (secondary N) is 2. The van der Waals surface area contributed by atoms with E-state index in [-0.39, 0.29) is 11.7 Å². The summed E-state index contributed by atoms with van der Waals surface area (Å²) in [5.74, 6) is 0.477. The molecule has 1 aromatic rings. The number of imide groups is 1. The van der Waals surface area contributed by atoms with Crippen LogP contribution in [0.5, 0.6) is 0 Å². The Morgan fingerprint density at radius 3 is 2.80 bits per heavy atom. The monoisotopic (exact) mass is 300 g/mol. The smallest absolute Gasteiger partial charge is 0.321 e. The summed E-state index contributed by atoms with van der Waals surface area (Å²) in [6, 6.07) is -0.475. The molecule has 0 aliphatic heterocycles. The normalized spacial score (nSPS) is 10.3. The van der Waals surface area contributed by atoms with Crippen LogP contribution in [0.1, 0.15) is 19.2 Å². The number of aromatic nitrogens is 3. The summed E-state index contributed by atoms with van der Waals surface area (Å²) >= 11 is 1.22. The van der Waals surface area contributed by atoms with Gasteiger partial charge in [0.25, 0.3) is 0 Å². The van der Waals surface area contributed by atoms with E-state index < -0.39 is 6.03 Å². The fourth-order valence-electron chi connectivity index (χ4n) is 1.43. The van der Waals surface area contributed by atoms with Crippen LogP contribution in [-0.2, 0) is 11.3 Å². The summed E-state index contributed by atoms with van der Waals surface area (Å²) in [5.41, 5.74) is 5.51. The maximum absolute atomic E-state index is 11.6. The molecule has 8 nitrogen and oxygen atoms in total. The molecule has 0 bridgehead atoms. The van der Waals surface area contributed by atoms with Crippen molar-refractivity contribution >= 4 is 23.7 Å². The Bertz CT molecular complexity index is 462. The van der Waals surface area contributed by atoms with Crippen molar-refractivity contribution in [3.63, 3.8) is 0 Å². The van der Waals surface area contributed by atoms with Gasteiger partial charge in [-0.3, -0.25) is 10.1 Å². The van der Waals surface area contributed by atoms with Gasteiger partial charge in [-0.15, -0.1) is 10.2 Å². The second kappa shape index (κ2) is 8.54. The van der Waals surface area contributed by atoms with Gasteiger partial charge in [0, 0.05) is 19.6 Å². The zero-order chi connectivity index (χ0) is 15.0. The highest BCUT2D eigenvalue weighted by Crippen LogP contribution is 2.15. The first-order chi connectivity index (χ1) is 9.58. The summed E-state index contributed by atoms with van der Waals surface area (Å²) in [7, 11) is 0. The number of rotatable bonds is 7. The van der Waals surface area contributed by atoms with Crippen molar-refractivity contribution in [2.75, 3.05) is 18.8 Å².